The van der Waals surface area contributed by atoms with Crippen LogP contribution in [0.15, 0.2) is 70.5 Å². The number of sulfonamides is 1. The predicted octanol–water partition coefficient (Wildman–Crippen LogP) is 5.76. The lowest BCUT2D eigenvalue weighted by molar-refractivity contribution is -0.274. The van der Waals surface area contributed by atoms with E-state index in [2.05, 4.69) is 9.46 Å². The second-order valence-corrected chi connectivity index (χ2v) is 10.5. The zero-order valence-corrected chi connectivity index (χ0v) is 20.8. The predicted molar refractivity (Wildman–Crippen MR) is 128 cm³/mol. The Balaban J connectivity index is 1.51. The average molecular weight is 542 g/mol. The second-order valence-electron chi connectivity index (χ2n) is 7.56. The number of carboxylic acid groups (broad SMARTS) is 1. The molecule has 0 aliphatic carbocycles. The van der Waals surface area contributed by atoms with Crippen molar-refractivity contribution in [3.63, 3.8) is 0 Å². The number of alkyl halides is 3. The van der Waals surface area contributed by atoms with Gasteiger partial charge in [-0.15, -0.1) is 24.9 Å². The standard InChI is InChI=1S/C24H22F3NO6S2/c1-15-13-21(14-22(16(15)2)23(29)30)36(31,32)28-11-12-35-20-9-7-18(8-10-20)33-17-3-5-19(6-4-17)34-24(25,26)27/h3-10,13-14,28H,11-12H2,1-2H3,(H,29,30). The van der Waals surface area contributed by atoms with Crippen LogP contribution in [0, 0.1) is 13.8 Å². The highest BCUT2D eigenvalue weighted by molar-refractivity contribution is 7.99. The summed E-state index contributed by atoms with van der Waals surface area (Å²) >= 11 is 1.39. The number of benzene rings is 3. The van der Waals surface area contributed by atoms with Crippen LogP contribution in [0.1, 0.15) is 21.5 Å². The van der Waals surface area contributed by atoms with Crippen molar-refractivity contribution in [2.45, 2.75) is 30.0 Å². The smallest absolute Gasteiger partial charge is 0.478 e. The SMILES string of the molecule is Cc1cc(S(=O)(=O)NCCSc2ccc(Oc3ccc(OC(F)(F)F)cc3)cc2)cc(C(=O)O)c1C. The zero-order valence-electron chi connectivity index (χ0n) is 19.1. The van der Waals surface area contributed by atoms with E-state index in [0.717, 1.165) is 23.1 Å². The molecule has 0 atom stereocenters. The molecule has 3 aromatic rings. The van der Waals surface area contributed by atoms with Crippen LogP contribution in [0.2, 0.25) is 0 Å². The van der Waals surface area contributed by atoms with Crippen molar-refractivity contribution in [3.8, 4) is 17.2 Å². The van der Waals surface area contributed by atoms with Crippen LogP contribution in [0.25, 0.3) is 0 Å². The highest BCUT2D eigenvalue weighted by atomic mass is 32.2. The van der Waals surface area contributed by atoms with Crippen LogP contribution in [0.5, 0.6) is 17.2 Å². The molecule has 0 bridgehead atoms. The molecule has 0 unspecified atom stereocenters. The van der Waals surface area contributed by atoms with Gasteiger partial charge in [0.2, 0.25) is 10.0 Å². The molecule has 3 rings (SSSR count). The molecule has 0 heterocycles. The first-order chi connectivity index (χ1) is 16.8. The minimum atomic E-state index is -4.76. The Labute approximate surface area is 210 Å². The molecule has 12 heteroatoms. The van der Waals surface area contributed by atoms with Crippen LogP contribution in [-0.2, 0) is 10.0 Å². The molecular weight excluding hydrogens is 519 g/mol. The summed E-state index contributed by atoms with van der Waals surface area (Å²) in [6.07, 6.45) is -4.76. The summed E-state index contributed by atoms with van der Waals surface area (Å²) in [6, 6.07) is 14.5. The van der Waals surface area contributed by atoms with Gasteiger partial charge in [0.25, 0.3) is 0 Å². The molecule has 2 N–H and O–H groups in total. The maximum atomic E-state index is 12.6. The summed E-state index contributed by atoms with van der Waals surface area (Å²) in [4.78, 5) is 12.1. The van der Waals surface area contributed by atoms with Crippen molar-refractivity contribution >= 4 is 27.8 Å². The highest BCUT2D eigenvalue weighted by Crippen LogP contribution is 2.29. The van der Waals surface area contributed by atoms with Gasteiger partial charge in [-0.05, 0) is 85.6 Å². The van der Waals surface area contributed by atoms with E-state index >= 15 is 0 Å². The maximum Gasteiger partial charge on any atom is 0.573 e. The van der Waals surface area contributed by atoms with Crippen molar-refractivity contribution in [3.05, 3.63) is 77.4 Å². The van der Waals surface area contributed by atoms with Gasteiger partial charge < -0.3 is 14.6 Å². The Morgan fingerprint density at radius 3 is 2.08 bits per heavy atom. The fourth-order valence-electron chi connectivity index (χ4n) is 3.08. The number of carboxylic acids is 1. The number of aromatic carboxylic acids is 1. The Bertz CT molecular complexity index is 1330. The molecule has 0 saturated carbocycles. The van der Waals surface area contributed by atoms with Gasteiger partial charge in [0.15, 0.2) is 0 Å². The molecule has 0 fully saturated rings. The molecule has 3 aromatic carbocycles. The Hall–Kier alpha value is -3.22. The van der Waals surface area contributed by atoms with Gasteiger partial charge in [-0.25, -0.2) is 17.9 Å². The molecule has 0 aliphatic rings. The van der Waals surface area contributed by atoms with Crippen molar-refractivity contribution in [1.29, 1.82) is 0 Å². The second kappa shape index (κ2) is 11.2. The first kappa shape index (κ1) is 27.4. The van der Waals surface area contributed by atoms with Crippen LogP contribution < -0.4 is 14.2 Å². The molecular formula is C24H22F3NO6S2. The van der Waals surface area contributed by atoms with Gasteiger partial charge in [0, 0.05) is 17.2 Å². The highest BCUT2D eigenvalue weighted by Gasteiger charge is 2.31. The Morgan fingerprint density at radius 2 is 1.53 bits per heavy atom. The van der Waals surface area contributed by atoms with E-state index in [1.165, 1.54) is 30.0 Å². The molecule has 0 aliphatic heterocycles. The minimum absolute atomic E-state index is 0.0577. The fraction of sp³-hybridized carbons (Fsp3) is 0.208. The summed E-state index contributed by atoms with van der Waals surface area (Å²) < 4.78 is 73.8. The van der Waals surface area contributed by atoms with E-state index in [0.29, 0.717) is 28.4 Å². The van der Waals surface area contributed by atoms with Gasteiger partial charge in [-0.1, -0.05) is 0 Å². The lowest BCUT2D eigenvalue weighted by atomic mass is 10.0. The number of carbonyl (C=O) groups is 1. The fourth-order valence-corrected chi connectivity index (χ4v) is 5.12. The summed E-state index contributed by atoms with van der Waals surface area (Å²) in [5, 5.41) is 9.30. The van der Waals surface area contributed by atoms with Crippen molar-refractivity contribution in [1.82, 2.24) is 4.72 Å². The monoisotopic (exact) mass is 541 g/mol. The summed E-state index contributed by atoms with van der Waals surface area (Å²) in [5.41, 5.74) is 1.02. The zero-order chi connectivity index (χ0) is 26.5. The van der Waals surface area contributed by atoms with Crippen LogP contribution in [0.4, 0.5) is 13.2 Å². The number of thioether (sulfide) groups is 1. The first-order valence-electron chi connectivity index (χ1n) is 10.4. The molecule has 36 heavy (non-hydrogen) atoms. The number of aryl methyl sites for hydroxylation is 1. The third-order valence-corrected chi connectivity index (χ3v) is 7.42. The molecule has 0 aromatic heterocycles. The normalized spacial score (nSPS) is 11.8. The van der Waals surface area contributed by atoms with Gasteiger partial charge >= 0.3 is 12.3 Å². The number of nitrogens with one attached hydrogen (secondary N) is 1. The first-order valence-corrected chi connectivity index (χ1v) is 12.9. The number of hydrogen-bond donors (Lipinski definition) is 2. The molecule has 0 spiro atoms. The Morgan fingerprint density at radius 1 is 0.972 bits per heavy atom. The number of rotatable bonds is 10. The maximum absolute atomic E-state index is 12.6. The third-order valence-electron chi connectivity index (χ3n) is 4.96. The lowest BCUT2D eigenvalue weighted by Crippen LogP contribution is -2.26. The van der Waals surface area contributed by atoms with Gasteiger partial charge in [-0.2, -0.15) is 0 Å². The number of ether oxygens (including phenoxy) is 2. The lowest BCUT2D eigenvalue weighted by Gasteiger charge is -2.11. The van der Waals surface area contributed by atoms with Crippen LogP contribution in [-0.4, -0.2) is 38.2 Å². The van der Waals surface area contributed by atoms with E-state index < -0.39 is 22.4 Å². The third kappa shape index (κ3) is 7.64. The van der Waals surface area contributed by atoms with Crippen molar-refractivity contribution in [2.75, 3.05) is 12.3 Å². The van der Waals surface area contributed by atoms with E-state index in [-0.39, 0.29) is 22.8 Å². The summed E-state index contributed by atoms with van der Waals surface area (Å²) in [6.45, 7) is 3.40. The van der Waals surface area contributed by atoms with Crippen LogP contribution >= 0.6 is 11.8 Å². The van der Waals surface area contributed by atoms with Gasteiger partial charge in [0.1, 0.15) is 17.2 Å². The summed E-state index contributed by atoms with van der Waals surface area (Å²) in [7, 11) is -3.88. The molecule has 0 amide bonds. The largest absolute Gasteiger partial charge is 0.573 e. The van der Waals surface area contributed by atoms with Crippen molar-refractivity contribution < 1.29 is 41.0 Å². The van der Waals surface area contributed by atoms with Crippen molar-refractivity contribution in [2.24, 2.45) is 0 Å². The van der Waals surface area contributed by atoms with Gasteiger partial charge in [-0.3, -0.25) is 0 Å². The average Bonchev–Trinajstić information content (AvgIpc) is 2.79. The van der Waals surface area contributed by atoms with E-state index in [4.69, 9.17) is 4.74 Å². The van der Waals surface area contributed by atoms with E-state index in [1.54, 1.807) is 38.1 Å². The van der Waals surface area contributed by atoms with Crippen LogP contribution in [0.3, 0.4) is 0 Å². The molecule has 0 saturated heterocycles. The van der Waals surface area contributed by atoms with E-state index in [9.17, 15) is 31.5 Å². The number of halogens is 3. The number of hydrogen-bond acceptors (Lipinski definition) is 6. The Kier molecular flexibility index (Phi) is 8.54. The summed E-state index contributed by atoms with van der Waals surface area (Å²) in [5.74, 6) is -0.332. The quantitative estimate of drug-likeness (QED) is 0.248. The molecule has 7 nitrogen and oxygen atoms in total. The topological polar surface area (TPSA) is 102 Å². The molecule has 0 radical (unpaired) electrons. The van der Waals surface area contributed by atoms with E-state index in [1.807, 2.05) is 0 Å². The minimum Gasteiger partial charge on any atom is -0.478 e. The van der Waals surface area contributed by atoms with Gasteiger partial charge in [0.05, 0.1) is 10.5 Å². The molecule has 192 valence electrons.